The van der Waals surface area contributed by atoms with Crippen LogP contribution in [-0.4, -0.2) is 19.5 Å². The molecule has 0 unspecified atom stereocenters. The Morgan fingerprint density at radius 2 is 1.65 bits per heavy atom. The first-order valence-corrected chi connectivity index (χ1v) is 6.85. The number of ether oxygens (including phenoxy) is 2. The van der Waals surface area contributed by atoms with E-state index in [1.165, 1.54) is 0 Å². The van der Waals surface area contributed by atoms with Gasteiger partial charge in [-0.05, 0) is 19.3 Å². The van der Waals surface area contributed by atoms with Crippen LogP contribution in [0, 0.1) is 0 Å². The molecule has 0 spiro atoms. The fourth-order valence-electron chi connectivity index (χ4n) is 1.36. The Morgan fingerprint density at radius 1 is 1.06 bits per heavy atom. The van der Waals surface area contributed by atoms with Crippen LogP contribution in [0.15, 0.2) is 24.8 Å². The van der Waals surface area contributed by atoms with Crippen molar-refractivity contribution in [1.29, 1.82) is 0 Å². The Balaban J connectivity index is 3.74. The lowest BCUT2D eigenvalue weighted by Gasteiger charge is -2.17. The average molecular weight is 240 g/mol. The molecular formula is C15H28O2. The van der Waals surface area contributed by atoms with Gasteiger partial charge in [0.2, 0.25) is 0 Å². The zero-order chi connectivity index (χ0) is 12.8. The minimum atomic E-state index is -0.0393. The first kappa shape index (κ1) is 16.4. The van der Waals surface area contributed by atoms with Crippen molar-refractivity contribution in [2.75, 3.05) is 13.2 Å². The fourth-order valence-corrected chi connectivity index (χ4v) is 1.36. The number of unbranched alkanes of at least 4 members (excludes halogenated alkanes) is 2. The molecule has 0 aromatic rings. The van der Waals surface area contributed by atoms with Crippen molar-refractivity contribution in [2.24, 2.45) is 0 Å². The number of hydrogen-bond donors (Lipinski definition) is 0. The Hall–Kier alpha value is -0.600. The third kappa shape index (κ3) is 11.7. The van der Waals surface area contributed by atoms with Crippen molar-refractivity contribution >= 4 is 0 Å². The summed E-state index contributed by atoms with van der Waals surface area (Å²) >= 11 is 0. The standard InChI is InChI=1S/C15H28O2/c1-4-7-10-11-12-15(16-13-8-5-2)17-14-9-6-3/h4,7,10,15H,1,5-6,8-9,11-14H2,2-3H3/b10-7-. The van der Waals surface area contributed by atoms with Crippen LogP contribution < -0.4 is 0 Å². The van der Waals surface area contributed by atoms with Crippen molar-refractivity contribution in [1.82, 2.24) is 0 Å². The highest BCUT2D eigenvalue weighted by atomic mass is 16.7. The van der Waals surface area contributed by atoms with E-state index >= 15 is 0 Å². The van der Waals surface area contributed by atoms with Gasteiger partial charge in [-0.15, -0.1) is 0 Å². The van der Waals surface area contributed by atoms with E-state index in [-0.39, 0.29) is 6.29 Å². The molecule has 100 valence electrons. The summed E-state index contributed by atoms with van der Waals surface area (Å²) in [6.45, 7) is 9.60. The van der Waals surface area contributed by atoms with Crippen molar-refractivity contribution in [3.63, 3.8) is 0 Å². The molecule has 0 aliphatic carbocycles. The van der Waals surface area contributed by atoms with Crippen molar-refractivity contribution in [3.05, 3.63) is 24.8 Å². The lowest BCUT2D eigenvalue weighted by atomic mass is 10.2. The molecule has 0 amide bonds. The lowest BCUT2D eigenvalue weighted by Crippen LogP contribution is -2.18. The van der Waals surface area contributed by atoms with Gasteiger partial charge >= 0.3 is 0 Å². The number of hydrogen-bond acceptors (Lipinski definition) is 2. The highest BCUT2D eigenvalue weighted by Crippen LogP contribution is 2.08. The smallest absolute Gasteiger partial charge is 0.157 e. The molecule has 0 atom stereocenters. The van der Waals surface area contributed by atoms with E-state index in [9.17, 15) is 0 Å². The van der Waals surface area contributed by atoms with Crippen molar-refractivity contribution < 1.29 is 9.47 Å². The highest BCUT2D eigenvalue weighted by molar-refractivity contribution is 4.96. The van der Waals surface area contributed by atoms with E-state index in [1.54, 1.807) is 6.08 Å². The van der Waals surface area contributed by atoms with E-state index in [2.05, 4.69) is 26.5 Å². The first-order valence-electron chi connectivity index (χ1n) is 6.85. The van der Waals surface area contributed by atoms with Crippen LogP contribution in [0.25, 0.3) is 0 Å². The van der Waals surface area contributed by atoms with Gasteiger partial charge in [0.25, 0.3) is 0 Å². The Kier molecular flexibility index (Phi) is 13.0. The second-order valence-electron chi connectivity index (χ2n) is 4.12. The molecule has 0 saturated heterocycles. The maximum atomic E-state index is 5.73. The normalized spacial score (nSPS) is 11.5. The van der Waals surface area contributed by atoms with Crippen LogP contribution in [0.1, 0.15) is 52.4 Å². The molecule has 0 heterocycles. The van der Waals surface area contributed by atoms with Crippen molar-refractivity contribution in [3.8, 4) is 0 Å². The van der Waals surface area contributed by atoms with Gasteiger partial charge in [-0.25, -0.2) is 0 Å². The Morgan fingerprint density at radius 3 is 2.12 bits per heavy atom. The lowest BCUT2D eigenvalue weighted by molar-refractivity contribution is -0.146. The molecule has 2 nitrogen and oxygen atoms in total. The maximum absolute atomic E-state index is 5.73. The molecule has 0 aromatic heterocycles. The summed E-state index contributed by atoms with van der Waals surface area (Å²) in [5.74, 6) is 0. The molecule has 0 aromatic carbocycles. The first-order chi connectivity index (χ1) is 8.35. The Labute approximate surface area is 107 Å². The molecule has 0 radical (unpaired) electrons. The predicted octanol–water partition coefficient (Wildman–Crippen LogP) is 4.47. The molecule has 0 N–H and O–H groups in total. The molecule has 0 aliphatic rings. The summed E-state index contributed by atoms with van der Waals surface area (Å²) in [6.07, 6.45) is 12.3. The monoisotopic (exact) mass is 240 g/mol. The minimum Gasteiger partial charge on any atom is -0.353 e. The number of allylic oxidation sites excluding steroid dienone is 3. The van der Waals surface area contributed by atoms with Gasteiger partial charge in [0.15, 0.2) is 6.29 Å². The van der Waals surface area contributed by atoms with E-state index in [1.807, 2.05) is 6.08 Å². The van der Waals surface area contributed by atoms with E-state index < -0.39 is 0 Å². The summed E-state index contributed by atoms with van der Waals surface area (Å²) in [5.41, 5.74) is 0. The van der Waals surface area contributed by atoms with Crippen LogP contribution in [0.2, 0.25) is 0 Å². The molecular weight excluding hydrogens is 212 g/mol. The molecule has 0 rings (SSSR count). The van der Waals surface area contributed by atoms with Gasteiger partial charge in [-0.3, -0.25) is 0 Å². The maximum Gasteiger partial charge on any atom is 0.157 e. The van der Waals surface area contributed by atoms with E-state index in [4.69, 9.17) is 9.47 Å². The predicted molar refractivity (Wildman–Crippen MR) is 74.1 cm³/mol. The van der Waals surface area contributed by atoms with Gasteiger partial charge in [0.1, 0.15) is 0 Å². The second kappa shape index (κ2) is 13.5. The van der Waals surface area contributed by atoms with Gasteiger partial charge < -0.3 is 9.47 Å². The Bertz CT molecular complexity index is 177. The third-order valence-electron chi connectivity index (χ3n) is 2.44. The minimum absolute atomic E-state index is 0.0393. The second-order valence-corrected chi connectivity index (χ2v) is 4.12. The molecule has 2 heteroatoms. The van der Waals surface area contributed by atoms with Crippen LogP contribution in [0.3, 0.4) is 0 Å². The van der Waals surface area contributed by atoms with E-state index in [0.29, 0.717) is 0 Å². The molecule has 0 bridgehead atoms. The molecule has 0 aliphatic heterocycles. The SMILES string of the molecule is C=C/C=C\CCC(OCCCC)OCCCC. The molecule has 0 saturated carbocycles. The average Bonchev–Trinajstić information content (AvgIpc) is 2.34. The van der Waals surface area contributed by atoms with E-state index in [0.717, 1.165) is 51.7 Å². The van der Waals surface area contributed by atoms with Gasteiger partial charge in [-0.2, -0.15) is 0 Å². The van der Waals surface area contributed by atoms with Gasteiger partial charge in [0, 0.05) is 19.6 Å². The van der Waals surface area contributed by atoms with Crippen molar-refractivity contribution in [2.45, 2.75) is 58.7 Å². The van der Waals surface area contributed by atoms with Gasteiger partial charge in [-0.1, -0.05) is 51.5 Å². The third-order valence-corrected chi connectivity index (χ3v) is 2.44. The summed E-state index contributed by atoms with van der Waals surface area (Å²) in [5, 5.41) is 0. The molecule has 0 fully saturated rings. The van der Waals surface area contributed by atoms with Crippen LogP contribution in [0.5, 0.6) is 0 Å². The summed E-state index contributed by atoms with van der Waals surface area (Å²) in [6, 6.07) is 0. The summed E-state index contributed by atoms with van der Waals surface area (Å²) in [7, 11) is 0. The summed E-state index contributed by atoms with van der Waals surface area (Å²) < 4.78 is 11.5. The summed E-state index contributed by atoms with van der Waals surface area (Å²) in [4.78, 5) is 0. The fraction of sp³-hybridized carbons (Fsp3) is 0.733. The highest BCUT2D eigenvalue weighted by Gasteiger charge is 2.07. The number of rotatable bonds is 12. The zero-order valence-corrected chi connectivity index (χ0v) is 11.5. The molecule has 17 heavy (non-hydrogen) atoms. The van der Waals surface area contributed by atoms with Gasteiger partial charge in [0.05, 0.1) is 0 Å². The topological polar surface area (TPSA) is 18.5 Å². The largest absolute Gasteiger partial charge is 0.353 e. The van der Waals surface area contributed by atoms with Crippen LogP contribution in [0.4, 0.5) is 0 Å². The van der Waals surface area contributed by atoms with Crippen LogP contribution >= 0.6 is 0 Å². The quantitative estimate of drug-likeness (QED) is 0.285. The van der Waals surface area contributed by atoms with Crippen LogP contribution in [-0.2, 0) is 9.47 Å². The zero-order valence-electron chi connectivity index (χ0n) is 11.5.